The van der Waals surface area contributed by atoms with Crippen molar-refractivity contribution in [3.05, 3.63) is 132 Å². The lowest BCUT2D eigenvalue weighted by Gasteiger charge is -2.24. The molecule has 10 nitrogen and oxygen atoms in total. The predicted molar refractivity (Wildman–Crippen MR) is 231 cm³/mol. The smallest absolute Gasteiger partial charge is 0.397 e. The first-order chi connectivity index (χ1) is 30.3. The minimum atomic E-state index is -3.37. The molecule has 63 heavy (non-hydrogen) atoms. The average molecular weight is 859 g/mol. The highest BCUT2D eigenvalue weighted by Crippen LogP contribution is 2.37. The van der Waals surface area contributed by atoms with Crippen LogP contribution in [0, 0.1) is 0 Å². The molecule has 2 unspecified atom stereocenters. The van der Waals surface area contributed by atoms with E-state index >= 15 is 0 Å². The van der Waals surface area contributed by atoms with Crippen molar-refractivity contribution in [3.8, 4) is 33.8 Å². The summed E-state index contributed by atoms with van der Waals surface area (Å²) in [4.78, 5) is 47.4. The van der Waals surface area contributed by atoms with Crippen LogP contribution in [0.15, 0.2) is 109 Å². The molecule has 324 valence electrons. The zero-order chi connectivity index (χ0) is 43.9. The van der Waals surface area contributed by atoms with E-state index in [0.717, 1.165) is 70.0 Å². The maximum absolute atomic E-state index is 14.1. The van der Waals surface area contributed by atoms with Gasteiger partial charge in [0, 0.05) is 37.6 Å². The van der Waals surface area contributed by atoms with Gasteiger partial charge in [0.25, 0.3) is 0 Å². The monoisotopic (exact) mass is 858 g/mol. The largest absolute Gasteiger partial charge is 0.432 e. The first-order valence-corrected chi connectivity index (χ1v) is 21.3. The van der Waals surface area contributed by atoms with Gasteiger partial charge in [-0.05, 0) is 84.3 Å². The fraction of sp³-hybridized carbons (Fsp3) is 0.306. The normalized spacial score (nSPS) is 16.9. The first kappa shape index (κ1) is 41.6. The second-order valence-corrected chi connectivity index (χ2v) is 16.3. The van der Waals surface area contributed by atoms with E-state index < -0.39 is 18.6 Å². The Labute approximate surface area is 361 Å². The SMILES string of the molecule is CCC(F)(F)Oc1ccccc1CC(=O)N1CCCC1c1nc2ccc(-c3ccc(-c4ccc5nc(C6CCCN6C(=O)Cc6ccccc6OC(C)(F)F)[nH]c5c4)cc3)cc2[nH]1. The van der Waals surface area contributed by atoms with Crippen molar-refractivity contribution in [1.82, 2.24) is 29.7 Å². The van der Waals surface area contributed by atoms with E-state index in [9.17, 15) is 27.2 Å². The van der Waals surface area contributed by atoms with Crippen molar-refractivity contribution >= 4 is 33.9 Å². The van der Waals surface area contributed by atoms with Crippen LogP contribution in [-0.2, 0) is 22.4 Å². The molecule has 0 bridgehead atoms. The number of H-pyrrole nitrogens is 2. The van der Waals surface area contributed by atoms with Crippen molar-refractivity contribution in [2.24, 2.45) is 0 Å². The number of amides is 2. The molecule has 5 aromatic carbocycles. The summed E-state index contributed by atoms with van der Waals surface area (Å²) in [5.41, 5.74) is 8.07. The van der Waals surface area contributed by atoms with Crippen LogP contribution < -0.4 is 9.47 Å². The lowest BCUT2D eigenvalue weighted by atomic mass is 10.00. The Kier molecular flexibility index (Phi) is 11.2. The number of halogens is 4. The van der Waals surface area contributed by atoms with Crippen LogP contribution in [-0.4, -0.2) is 66.9 Å². The highest BCUT2D eigenvalue weighted by Gasteiger charge is 2.35. The Morgan fingerprint density at radius 3 is 1.51 bits per heavy atom. The number of para-hydroxylation sites is 2. The van der Waals surface area contributed by atoms with Gasteiger partial charge in [-0.2, -0.15) is 17.6 Å². The fourth-order valence-corrected chi connectivity index (χ4v) is 8.74. The van der Waals surface area contributed by atoms with Gasteiger partial charge in [0.2, 0.25) is 11.8 Å². The Bertz CT molecular complexity index is 2800. The summed E-state index contributed by atoms with van der Waals surface area (Å²) in [7, 11) is 0. The molecule has 2 atom stereocenters. The van der Waals surface area contributed by atoms with E-state index in [1.54, 1.807) is 46.2 Å². The van der Waals surface area contributed by atoms with Crippen LogP contribution in [0.1, 0.15) is 80.8 Å². The maximum Gasteiger partial charge on any atom is 0.397 e. The predicted octanol–water partition coefficient (Wildman–Crippen LogP) is 11.0. The van der Waals surface area contributed by atoms with Crippen LogP contribution in [0.4, 0.5) is 17.6 Å². The van der Waals surface area contributed by atoms with E-state index in [-0.39, 0.29) is 48.2 Å². The summed E-state index contributed by atoms with van der Waals surface area (Å²) in [6.07, 6.45) is -4.24. The highest BCUT2D eigenvalue weighted by atomic mass is 19.3. The van der Waals surface area contributed by atoms with Gasteiger partial charge in [-0.3, -0.25) is 9.59 Å². The standard InChI is InChI=1S/C49H46F4N6O4/c1-3-49(52,53)63-43-15-7-5-11-35(43)29-45(61)59-25-9-13-41(59)47-55-37-23-21-33(27-39(37)57-47)31-18-16-30(17-19-31)32-20-22-36-38(26-32)56-46(54-36)40-12-8-24-58(40)44(60)28-34-10-4-6-14-42(34)62-48(2,50)51/h4-7,10-11,14-23,26-27,40-41H,3,8-9,12-13,24-25,28-29H2,1-2H3,(H,54,56)(H,55,57). The van der Waals surface area contributed by atoms with Gasteiger partial charge < -0.3 is 29.2 Å². The maximum atomic E-state index is 14.1. The number of likely N-dealkylation sites (tertiary alicyclic amines) is 2. The van der Waals surface area contributed by atoms with Gasteiger partial charge in [-0.25, -0.2) is 9.97 Å². The molecule has 14 heteroatoms. The molecule has 2 fully saturated rings. The number of rotatable bonds is 13. The minimum Gasteiger partial charge on any atom is -0.432 e. The van der Waals surface area contributed by atoms with Crippen LogP contribution >= 0.6 is 0 Å². The molecule has 0 aliphatic carbocycles. The van der Waals surface area contributed by atoms with E-state index in [1.807, 2.05) is 30.3 Å². The summed E-state index contributed by atoms with van der Waals surface area (Å²) in [6, 6.07) is 32.6. The van der Waals surface area contributed by atoms with Crippen molar-refractivity contribution in [2.75, 3.05) is 13.1 Å². The number of benzene rings is 5. The zero-order valence-corrected chi connectivity index (χ0v) is 34.8. The third-order valence-electron chi connectivity index (χ3n) is 11.9. The lowest BCUT2D eigenvalue weighted by Crippen LogP contribution is -2.32. The molecule has 0 radical (unpaired) electrons. The van der Waals surface area contributed by atoms with E-state index in [2.05, 4.69) is 40.3 Å². The molecule has 4 heterocycles. The number of hydrogen-bond donors (Lipinski definition) is 2. The number of alkyl halides is 4. The fourth-order valence-electron chi connectivity index (χ4n) is 8.74. The third kappa shape index (κ3) is 8.98. The zero-order valence-electron chi connectivity index (χ0n) is 34.8. The van der Waals surface area contributed by atoms with Gasteiger partial charge in [0.15, 0.2) is 0 Å². The summed E-state index contributed by atoms with van der Waals surface area (Å²) >= 11 is 0. The Balaban J connectivity index is 0.875. The molecule has 2 aliphatic rings. The average Bonchev–Trinajstić information content (AvgIpc) is 4.10. The molecule has 0 spiro atoms. The molecule has 7 aromatic rings. The van der Waals surface area contributed by atoms with Crippen molar-refractivity contribution in [2.45, 2.75) is 83.1 Å². The Morgan fingerprint density at radius 1 is 0.635 bits per heavy atom. The van der Waals surface area contributed by atoms with Crippen LogP contribution in [0.25, 0.3) is 44.3 Å². The second kappa shape index (κ2) is 16.9. The molecular formula is C49H46F4N6O4. The second-order valence-electron chi connectivity index (χ2n) is 16.3. The number of carbonyl (C=O) groups excluding carboxylic acids is 2. The number of imidazole rings is 2. The highest BCUT2D eigenvalue weighted by molar-refractivity contribution is 5.86. The molecule has 2 amide bonds. The number of aromatic amines is 2. The van der Waals surface area contributed by atoms with E-state index in [0.29, 0.717) is 42.8 Å². The van der Waals surface area contributed by atoms with Gasteiger partial charge in [-0.15, -0.1) is 0 Å². The number of aromatic nitrogens is 4. The summed E-state index contributed by atoms with van der Waals surface area (Å²) in [6.45, 7) is 3.11. The molecule has 9 rings (SSSR count). The van der Waals surface area contributed by atoms with Crippen molar-refractivity contribution < 1.29 is 36.6 Å². The van der Waals surface area contributed by atoms with Crippen LogP contribution in [0.3, 0.4) is 0 Å². The van der Waals surface area contributed by atoms with E-state index in [4.69, 9.17) is 19.4 Å². The molecule has 0 saturated carbocycles. The molecule has 2 N–H and O–H groups in total. The van der Waals surface area contributed by atoms with Crippen molar-refractivity contribution in [3.63, 3.8) is 0 Å². The number of nitrogens with one attached hydrogen (secondary N) is 2. The quantitative estimate of drug-likeness (QED) is 0.112. The number of ether oxygens (including phenoxy) is 2. The van der Waals surface area contributed by atoms with Crippen molar-refractivity contribution in [1.29, 1.82) is 0 Å². The molecule has 2 aliphatic heterocycles. The summed E-state index contributed by atoms with van der Waals surface area (Å²) < 4.78 is 65.4. The van der Waals surface area contributed by atoms with E-state index in [1.165, 1.54) is 19.1 Å². The summed E-state index contributed by atoms with van der Waals surface area (Å²) in [5.74, 6) is 1.02. The molecular weight excluding hydrogens is 813 g/mol. The van der Waals surface area contributed by atoms with Crippen LogP contribution in [0.5, 0.6) is 11.5 Å². The number of carbonyl (C=O) groups is 2. The number of nitrogens with zero attached hydrogens (tertiary/aromatic N) is 4. The molecule has 2 aromatic heterocycles. The third-order valence-corrected chi connectivity index (χ3v) is 11.9. The minimum absolute atomic E-state index is 0.00755. The number of fused-ring (bicyclic) bond motifs is 2. The van der Waals surface area contributed by atoms with Crippen LogP contribution in [0.2, 0.25) is 0 Å². The topological polar surface area (TPSA) is 116 Å². The summed E-state index contributed by atoms with van der Waals surface area (Å²) in [5, 5.41) is 0. The Morgan fingerprint density at radius 2 is 1.06 bits per heavy atom. The van der Waals surface area contributed by atoms with Gasteiger partial charge >= 0.3 is 12.2 Å². The van der Waals surface area contributed by atoms with Gasteiger partial charge in [0.1, 0.15) is 23.1 Å². The first-order valence-electron chi connectivity index (χ1n) is 21.3. The number of hydrogen-bond acceptors (Lipinski definition) is 6. The Hall–Kier alpha value is -6.70. The van der Waals surface area contributed by atoms with Gasteiger partial charge in [-0.1, -0.05) is 79.7 Å². The van der Waals surface area contributed by atoms with Gasteiger partial charge in [0.05, 0.1) is 47.0 Å². The molecule has 2 saturated heterocycles. The lowest BCUT2D eigenvalue weighted by molar-refractivity contribution is -0.177.